The number of aromatic nitrogens is 8. The van der Waals surface area contributed by atoms with Crippen molar-refractivity contribution in [2.24, 2.45) is 7.05 Å². The predicted octanol–water partition coefficient (Wildman–Crippen LogP) is -4.09. The summed E-state index contributed by atoms with van der Waals surface area (Å²) < 4.78 is 69.4. The van der Waals surface area contributed by atoms with Crippen LogP contribution in [0, 0.1) is 0 Å². The molecule has 2 fully saturated rings. The SMILES string of the molecule is CNc1nc2c(c(=O)[nH]1)n(C)c[n+]2[C@@H]1O[C@H](COP(=O)(O)OP(=O)(O)OP(=O)(O)OC[C@H]2O[C@@H](n3cnc4c(=O)[nH]c(N)nc43)[C@H](O)[C@@H]2O)[C@@H](O)[C@H]1O. The molecule has 6 rings (SSSR count). The Morgan fingerprint density at radius 1 is 0.906 bits per heavy atom. The van der Waals surface area contributed by atoms with Gasteiger partial charge in [0.1, 0.15) is 36.6 Å². The molecule has 4 aromatic heterocycles. The van der Waals surface area contributed by atoms with Crippen molar-refractivity contribution in [1.82, 2.24) is 34.1 Å². The standard InChI is InChI=1S/C22H31N10O18P3/c1-24-22-27-16-10(18(38)29-22)30(2)6-32(16)20-14(36)12(34)8(48-20)4-46-52(41,42)50-53(43,44)49-51(39,40)45-3-7-11(33)13(35)19(47-7)31-5-25-9-15(31)26-21(23)28-17(9)37/h5-8,11-14,19-20,33-36H,3-4H2,1-2H3,(H7-,23,24,26,27,28,29,37,38,39,40,41,42,43,44)/p+1/t7-,8-,11-,12-,13-,14-,19-,20-/m1/s1. The zero-order valence-corrected chi connectivity index (χ0v) is 29.6. The summed E-state index contributed by atoms with van der Waals surface area (Å²) in [6.07, 6.45) is -10.9. The third kappa shape index (κ3) is 7.85. The number of rotatable bonds is 13. The van der Waals surface area contributed by atoms with Gasteiger partial charge in [0.05, 0.1) is 26.6 Å². The average Bonchev–Trinajstić information content (AvgIpc) is 3.78. The zero-order chi connectivity index (χ0) is 38.8. The first-order chi connectivity index (χ1) is 24.7. The number of nitrogens with one attached hydrogen (secondary N) is 3. The van der Waals surface area contributed by atoms with Crippen LogP contribution in [0.25, 0.3) is 22.3 Å². The fraction of sp³-hybridized carbons (Fsp3) is 0.545. The number of nitrogen functional groups attached to an aromatic ring is 1. The van der Waals surface area contributed by atoms with Crippen molar-refractivity contribution in [2.75, 3.05) is 31.3 Å². The summed E-state index contributed by atoms with van der Waals surface area (Å²) in [6.45, 7) is -2.16. The first-order valence-electron chi connectivity index (χ1n) is 14.8. The number of fused-ring (bicyclic) bond motifs is 2. The Morgan fingerprint density at radius 3 is 2.13 bits per heavy atom. The number of H-pyrrole nitrogens is 2. The molecule has 53 heavy (non-hydrogen) atoms. The molecule has 0 amide bonds. The number of nitrogens with zero attached hydrogens (tertiary/aromatic N) is 6. The van der Waals surface area contributed by atoms with Crippen molar-refractivity contribution in [3.05, 3.63) is 33.4 Å². The van der Waals surface area contributed by atoms with E-state index in [1.807, 2.05) is 0 Å². The highest BCUT2D eigenvalue weighted by Crippen LogP contribution is 2.67. The summed E-state index contributed by atoms with van der Waals surface area (Å²) in [5, 5.41) is 44.9. The van der Waals surface area contributed by atoms with Crippen LogP contribution in [0.4, 0.5) is 11.9 Å². The van der Waals surface area contributed by atoms with Crippen LogP contribution in [0.15, 0.2) is 22.2 Å². The lowest BCUT2D eigenvalue weighted by atomic mass is 10.1. The van der Waals surface area contributed by atoms with Gasteiger partial charge >= 0.3 is 29.1 Å². The van der Waals surface area contributed by atoms with Gasteiger partial charge in [-0.15, -0.1) is 0 Å². The topological polar surface area (TPSA) is 404 Å². The minimum absolute atomic E-state index is 0.0149. The molecular weight excluding hydrogens is 785 g/mol. The molecule has 11 atom stereocenters. The maximum absolute atomic E-state index is 12.5. The zero-order valence-electron chi connectivity index (χ0n) is 26.9. The van der Waals surface area contributed by atoms with Crippen LogP contribution in [0.2, 0.25) is 0 Å². The minimum atomic E-state index is -6.00. The third-order valence-electron chi connectivity index (χ3n) is 7.90. The number of hydrogen-bond acceptors (Lipinski definition) is 20. The van der Waals surface area contributed by atoms with Crippen molar-refractivity contribution in [3.8, 4) is 0 Å². The Balaban J connectivity index is 1.05. The molecule has 3 unspecified atom stereocenters. The van der Waals surface area contributed by atoms with Crippen LogP contribution in [-0.2, 0) is 47.9 Å². The second-order valence-corrected chi connectivity index (χ2v) is 16.1. The van der Waals surface area contributed by atoms with Crippen LogP contribution >= 0.6 is 23.5 Å². The Labute approximate surface area is 293 Å². The van der Waals surface area contributed by atoms with Crippen LogP contribution in [0.5, 0.6) is 0 Å². The van der Waals surface area contributed by atoms with E-state index in [9.17, 15) is 58.4 Å². The Kier molecular flexibility index (Phi) is 10.6. The summed E-state index contributed by atoms with van der Waals surface area (Å²) in [4.78, 5) is 71.3. The van der Waals surface area contributed by atoms with Gasteiger partial charge in [-0.3, -0.25) is 37.7 Å². The van der Waals surface area contributed by atoms with E-state index in [1.165, 1.54) is 29.6 Å². The molecule has 4 aromatic rings. The van der Waals surface area contributed by atoms with E-state index in [0.717, 1.165) is 10.9 Å². The lowest BCUT2D eigenvalue weighted by Gasteiger charge is -2.21. The van der Waals surface area contributed by atoms with Crippen LogP contribution in [0.1, 0.15) is 12.5 Å². The monoisotopic (exact) mass is 817 g/mol. The molecule has 12 N–H and O–H groups in total. The largest absolute Gasteiger partial charge is 0.490 e. The molecule has 0 spiro atoms. The first kappa shape index (κ1) is 39.2. The van der Waals surface area contributed by atoms with E-state index in [-0.39, 0.29) is 34.2 Å². The molecule has 292 valence electrons. The van der Waals surface area contributed by atoms with Gasteiger partial charge in [-0.25, -0.2) is 23.2 Å². The maximum Gasteiger partial charge on any atom is 0.490 e. The molecule has 0 aliphatic carbocycles. The molecule has 2 aliphatic heterocycles. The Morgan fingerprint density at radius 2 is 1.51 bits per heavy atom. The predicted molar refractivity (Wildman–Crippen MR) is 169 cm³/mol. The quantitative estimate of drug-likeness (QED) is 0.0451. The van der Waals surface area contributed by atoms with E-state index in [0.29, 0.717) is 0 Å². The summed E-state index contributed by atoms with van der Waals surface area (Å²) in [5.41, 5.74) is 3.99. The van der Waals surface area contributed by atoms with Crippen LogP contribution in [0.3, 0.4) is 0 Å². The number of aliphatic hydroxyl groups excluding tert-OH is 4. The molecule has 6 heterocycles. The number of hydrogen-bond donors (Lipinski definition) is 11. The van der Waals surface area contributed by atoms with Gasteiger partial charge in [0, 0.05) is 7.05 Å². The highest BCUT2D eigenvalue weighted by atomic mass is 31.3. The summed E-state index contributed by atoms with van der Waals surface area (Å²) >= 11 is 0. The molecule has 0 aromatic carbocycles. The summed E-state index contributed by atoms with van der Waals surface area (Å²) in [7, 11) is -14.4. The first-order valence-corrected chi connectivity index (χ1v) is 19.3. The van der Waals surface area contributed by atoms with Crippen molar-refractivity contribution < 1.29 is 80.5 Å². The van der Waals surface area contributed by atoms with Gasteiger partial charge in [0.15, 0.2) is 23.7 Å². The van der Waals surface area contributed by atoms with E-state index in [4.69, 9.17) is 15.2 Å². The fourth-order valence-corrected chi connectivity index (χ4v) is 9.06. The van der Waals surface area contributed by atoms with Crippen molar-refractivity contribution >= 4 is 57.7 Å². The van der Waals surface area contributed by atoms with Crippen LogP contribution in [-0.4, -0.2) is 126 Å². The Hall–Kier alpha value is -3.53. The van der Waals surface area contributed by atoms with Gasteiger partial charge in [-0.2, -0.15) is 13.6 Å². The number of phosphoric ester groups is 2. The van der Waals surface area contributed by atoms with Crippen molar-refractivity contribution in [2.45, 2.75) is 49.1 Å². The van der Waals surface area contributed by atoms with Gasteiger partial charge in [-0.05, 0) is 0 Å². The molecule has 28 nitrogen and oxygen atoms in total. The fourth-order valence-electron chi connectivity index (χ4n) is 5.54. The number of aliphatic hydroxyl groups is 4. The van der Waals surface area contributed by atoms with Crippen molar-refractivity contribution in [3.63, 3.8) is 0 Å². The molecule has 2 aliphatic rings. The van der Waals surface area contributed by atoms with Gasteiger partial charge in [0.25, 0.3) is 17.1 Å². The highest BCUT2D eigenvalue weighted by Gasteiger charge is 2.50. The number of ether oxygens (including phenoxy) is 2. The molecule has 0 radical (unpaired) electrons. The molecule has 0 saturated carbocycles. The van der Waals surface area contributed by atoms with Gasteiger partial charge < -0.3 is 55.6 Å². The number of imidazole rings is 2. The van der Waals surface area contributed by atoms with Crippen molar-refractivity contribution in [1.29, 1.82) is 0 Å². The lowest BCUT2D eigenvalue weighted by molar-refractivity contribution is -0.745. The number of anilines is 2. The second-order valence-electron chi connectivity index (χ2n) is 11.5. The molecular formula is C22H32N10O18P3+. The highest BCUT2D eigenvalue weighted by molar-refractivity contribution is 7.66. The maximum atomic E-state index is 12.5. The summed E-state index contributed by atoms with van der Waals surface area (Å²) in [6, 6.07) is 0. The number of aromatic amines is 2. The Bertz CT molecular complexity index is 2300. The van der Waals surface area contributed by atoms with E-state index < -0.39 is 96.9 Å². The normalized spacial score (nSPS) is 29.7. The molecule has 2 saturated heterocycles. The van der Waals surface area contributed by atoms with E-state index in [2.05, 4.69) is 47.9 Å². The van der Waals surface area contributed by atoms with E-state index >= 15 is 0 Å². The summed E-state index contributed by atoms with van der Waals surface area (Å²) in [5.74, 6) is -0.250. The average molecular weight is 817 g/mol. The van der Waals surface area contributed by atoms with Gasteiger partial charge in [0.2, 0.25) is 17.7 Å². The number of aryl methyl sites for hydroxylation is 1. The van der Waals surface area contributed by atoms with Gasteiger partial charge in [-0.1, -0.05) is 4.98 Å². The number of nitrogens with two attached hydrogens (primary N) is 1. The van der Waals surface area contributed by atoms with E-state index in [1.54, 1.807) is 0 Å². The smallest absolute Gasteiger partial charge is 0.387 e. The lowest BCUT2D eigenvalue weighted by Crippen LogP contribution is -2.46. The second kappa shape index (κ2) is 14.3. The molecule has 0 bridgehead atoms. The number of phosphoric acid groups is 3. The minimum Gasteiger partial charge on any atom is -0.387 e. The third-order valence-corrected chi connectivity index (χ3v) is 12.2. The molecule has 31 heteroatoms. The van der Waals surface area contributed by atoms with Crippen LogP contribution < -0.4 is 26.7 Å².